The van der Waals surface area contributed by atoms with Crippen LogP contribution >= 0.6 is 15.9 Å². The van der Waals surface area contributed by atoms with Crippen LogP contribution in [-0.4, -0.2) is 11.6 Å². The largest absolute Gasteiger partial charge is 0.460 e. The molecule has 1 aliphatic rings. The third-order valence-corrected chi connectivity index (χ3v) is 4.29. The van der Waals surface area contributed by atoms with E-state index in [-0.39, 0.29) is 12.4 Å². The number of halogens is 1. The summed E-state index contributed by atoms with van der Waals surface area (Å²) >= 11 is 3.46. The fraction of sp³-hybridized carbons (Fsp3) is 0.529. The molecule has 0 amide bonds. The van der Waals surface area contributed by atoms with Gasteiger partial charge in [-0.2, -0.15) is 5.26 Å². The Morgan fingerprint density at radius 2 is 2.19 bits per heavy atom. The Balaban J connectivity index is 2.12. The van der Waals surface area contributed by atoms with Crippen molar-refractivity contribution in [2.75, 3.05) is 0 Å². The summed E-state index contributed by atoms with van der Waals surface area (Å²) in [4.78, 5) is 11.9. The molecule has 3 nitrogen and oxygen atoms in total. The van der Waals surface area contributed by atoms with Crippen LogP contribution in [0.2, 0.25) is 0 Å². The number of benzene rings is 1. The first kappa shape index (κ1) is 16.0. The molecule has 1 aromatic rings. The zero-order valence-corrected chi connectivity index (χ0v) is 14.3. The van der Waals surface area contributed by atoms with Crippen LogP contribution in [0.4, 0.5) is 0 Å². The lowest BCUT2D eigenvalue weighted by atomic mass is 9.79. The number of nitriles is 1. The lowest BCUT2D eigenvalue weighted by Gasteiger charge is -2.24. The number of ether oxygens (including phenoxy) is 1. The third kappa shape index (κ3) is 3.65. The van der Waals surface area contributed by atoms with Crippen molar-refractivity contribution in [2.24, 2.45) is 0 Å². The van der Waals surface area contributed by atoms with Crippen molar-refractivity contribution >= 4 is 21.9 Å². The molecule has 0 saturated carbocycles. The maximum absolute atomic E-state index is 11.9. The molecule has 4 heteroatoms. The Labute approximate surface area is 134 Å². The highest BCUT2D eigenvalue weighted by Gasteiger charge is 2.39. The minimum Gasteiger partial charge on any atom is -0.460 e. The summed E-state index contributed by atoms with van der Waals surface area (Å²) in [5.74, 6) is -0.234. The zero-order chi connectivity index (χ0) is 15.7. The Morgan fingerprint density at radius 1 is 1.48 bits per heavy atom. The number of hydrogen-bond donors (Lipinski definition) is 0. The van der Waals surface area contributed by atoms with Gasteiger partial charge in [0.15, 0.2) is 0 Å². The molecular formula is C17H20BrNO2. The number of rotatable bonds is 3. The molecule has 0 radical (unpaired) electrons. The number of nitrogens with zero attached hydrogens (tertiary/aromatic N) is 1. The molecule has 21 heavy (non-hydrogen) atoms. The highest BCUT2D eigenvalue weighted by molar-refractivity contribution is 9.10. The second-order valence-electron chi connectivity index (χ2n) is 6.58. The van der Waals surface area contributed by atoms with Crippen molar-refractivity contribution in [1.82, 2.24) is 0 Å². The zero-order valence-electron chi connectivity index (χ0n) is 12.7. The van der Waals surface area contributed by atoms with E-state index in [1.54, 1.807) is 0 Å². The lowest BCUT2D eigenvalue weighted by Crippen LogP contribution is -2.27. The molecule has 0 fully saturated rings. The number of carbonyl (C=O) groups excluding carboxylic acids is 1. The van der Waals surface area contributed by atoms with Gasteiger partial charge in [0.1, 0.15) is 5.60 Å². The summed E-state index contributed by atoms with van der Waals surface area (Å²) in [6, 6.07) is 8.49. The molecule has 0 bridgehead atoms. The van der Waals surface area contributed by atoms with Gasteiger partial charge in [0.05, 0.1) is 11.5 Å². The Hall–Kier alpha value is -1.34. The van der Waals surface area contributed by atoms with Gasteiger partial charge in [0, 0.05) is 10.9 Å². The average Bonchev–Trinajstić information content (AvgIpc) is 2.73. The number of hydrogen-bond acceptors (Lipinski definition) is 3. The van der Waals surface area contributed by atoms with Gasteiger partial charge in [-0.1, -0.05) is 22.0 Å². The van der Waals surface area contributed by atoms with Gasteiger partial charge in [-0.3, -0.25) is 4.79 Å². The molecule has 0 aromatic heterocycles. The van der Waals surface area contributed by atoms with E-state index in [0.29, 0.717) is 6.42 Å². The third-order valence-electron chi connectivity index (χ3n) is 3.79. The Bertz CT molecular complexity index is 598. The van der Waals surface area contributed by atoms with E-state index in [9.17, 15) is 10.1 Å². The normalized spacial score (nSPS) is 20.7. The summed E-state index contributed by atoms with van der Waals surface area (Å²) in [7, 11) is 0. The number of aryl methyl sites for hydroxylation is 1. The number of esters is 1. The fourth-order valence-electron chi connectivity index (χ4n) is 2.86. The average molecular weight is 350 g/mol. The standard InChI is InChI=1S/C17H20BrNO2/c1-16(2,3)21-15(20)7-9-17(11-19)8-6-12-10-13(18)4-5-14(12)17/h4-5,10H,6-9H2,1-3H3. The van der Waals surface area contributed by atoms with Gasteiger partial charge in [-0.05, 0) is 63.3 Å². The van der Waals surface area contributed by atoms with Crippen LogP contribution in [0.5, 0.6) is 0 Å². The monoisotopic (exact) mass is 349 g/mol. The van der Waals surface area contributed by atoms with Crippen LogP contribution in [-0.2, 0) is 21.4 Å². The Kier molecular flexibility index (Phi) is 4.43. The van der Waals surface area contributed by atoms with Gasteiger partial charge >= 0.3 is 5.97 Å². The SMILES string of the molecule is CC(C)(C)OC(=O)CCC1(C#N)CCc2cc(Br)ccc21. The summed E-state index contributed by atoms with van der Waals surface area (Å²) in [5.41, 5.74) is 1.24. The molecule has 0 spiro atoms. The summed E-state index contributed by atoms with van der Waals surface area (Å²) < 4.78 is 6.37. The van der Waals surface area contributed by atoms with Crippen LogP contribution in [0, 0.1) is 11.3 Å². The minimum absolute atomic E-state index is 0.234. The molecule has 2 rings (SSSR count). The van der Waals surface area contributed by atoms with E-state index in [4.69, 9.17) is 4.74 Å². The quantitative estimate of drug-likeness (QED) is 0.765. The second-order valence-corrected chi connectivity index (χ2v) is 7.50. The van der Waals surface area contributed by atoms with E-state index >= 15 is 0 Å². The molecule has 1 unspecified atom stereocenters. The van der Waals surface area contributed by atoms with Crippen LogP contribution in [0.3, 0.4) is 0 Å². The van der Waals surface area contributed by atoms with Crippen molar-refractivity contribution in [3.05, 3.63) is 33.8 Å². The number of carbonyl (C=O) groups is 1. The maximum atomic E-state index is 11.9. The predicted molar refractivity (Wildman–Crippen MR) is 84.8 cm³/mol. The van der Waals surface area contributed by atoms with Gasteiger partial charge in [0.2, 0.25) is 0 Å². The summed E-state index contributed by atoms with van der Waals surface area (Å²) in [6.45, 7) is 5.56. The molecule has 0 saturated heterocycles. The fourth-order valence-corrected chi connectivity index (χ4v) is 3.27. The van der Waals surface area contributed by atoms with Crippen LogP contribution in [0.1, 0.15) is 51.2 Å². The van der Waals surface area contributed by atoms with Gasteiger partial charge in [-0.15, -0.1) is 0 Å². The van der Waals surface area contributed by atoms with E-state index in [1.165, 1.54) is 5.56 Å². The first-order chi connectivity index (χ1) is 9.76. The summed E-state index contributed by atoms with van der Waals surface area (Å²) in [5, 5.41) is 9.66. The van der Waals surface area contributed by atoms with E-state index in [1.807, 2.05) is 32.9 Å². The van der Waals surface area contributed by atoms with Crippen molar-refractivity contribution in [2.45, 2.75) is 57.5 Å². The molecule has 1 aliphatic carbocycles. The van der Waals surface area contributed by atoms with Crippen molar-refractivity contribution < 1.29 is 9.53 Å². The smallest absolute Gasteiger partial charge is 0.306 e. The molecule has 0 N–H and O–H groups in total. The molecule has 1 aromatic carbocycles. The van der Waals surface area contributed by atoms with Gasteiger partial charge < -0.3 is 4.74 Å². The van der Waals surface area contributed by atoms with Crippen molar-refractivity contribution in [1.29, 1.82) is 5.26 Å². The highest BCUT2D eigenvalue weighted by atomic mass is 79.9. The van der Waals surface area contributed by atoms with Gasteiger partial charge in [0.25, 0.3) is 0 Å². The first-order valence-electron chi connectivity index (χ1n) is 7.18. The predicted octanol–water partition coefficient (Wildman–Crippen LogP) is 4.28. The molecule has 0 aliphatic heterocycles. The summed E-state index contributed by atoms with van der Waals surface area (Å²) in [6.07, 6.45) is 2.46. The van der Waals surface area contributed by atoms with Crippen LogP contribution < -0.4 is 0 Å². The Morgan fingerprint density at radius 3 is 2.81 bits per heavy atom. The minimum atomic E-state index is -0.549. The highest BCUT2D eigenvalue weighted by Crippen LogP contribution is 2.43. The van der Waals surface area contributed by atoms with Crippen molar-refractivity contribution in [3.8, 4) is 6.07 Å². The van der Waals surface area contributed by atoms with E-state index in [2.05, 4.69) is 28.1 Å². The molecule has 0 heterocycles. The number of fused-ring (bicyclic) bond motifs is 1. The second kappa shape index (κ2) is 5.81. The van der Waals surface area contributed by atoms with Gasteiger partial charge in [-0.25, -0.2) is 0 Å². The maximum Gasteiger partial charge on any atom is 0.306 e. The van der Waals surface area contributed by atoms with E-state index in [0.717, 1.165) is 22.9 Å². The van der Waals surface area contributed by atoms with Crippen molar-refractivity contribution in [3.63, 3.8) is 0 Å². The topological polar surface area (TPSA) is 50.1 Å². The van der Waals surface area contributed by atoms with E-state index < -0.39 is 11.0 Å². The first-order valence-corrected chi connectivity index (χ1v) is 7.97. The molecular weight excluding hydrogens is 330 g/mol. The lowest BCUT2D eigenvalue weighted by molar-refractivity contribution is -0.155. The van der Waals surface area contributed by atoms with Crippen LogP contribution in [0.15, 0.2) is 22.7 Å². The molecule has 1 atom stereocenters. The molecule has 112 valence electrons. The van der Waals surface area contributed by atoms with Crippen LogP contribution in [0.25, 0.3) is 0 Å².